The molecular formula is C35H42BF2N9O11P2S. The Hall–Kier alpha value is -3.64. The van der Waals surface area contributed by atoms with E-state index in [-0.39, 0.29) is 39.6 Å². The van der Waals surface area contributed by atoms with Crippen molar-refractivity contribution in [2.45, 2.75) is 68.5 Å². The zero-order valence-corrected chi connectivity index (χ0v) is 35.2. The largest absolute Gasteiger partial charge is 0.397 e. The van der Waals surface area contributed by atoms with Crippen LogP contribution in [0.15, 0.2) is 55.5 Å². The van der Waals surface area contributed by atoms with E-state index in [4.69, 9.17) is 60.8 Å². The summed E-state index contributed by atoms with van der Waals surface area (Å²) in [6.07, 6.45) is -8.16. The zero-order valence-electron chi connectivity index (χ0n) is 32.6. The van der Waals surface area contributed by atoms with Crippen LogP contribution in [-0.2, 0) is 63.3 Å². The molecule has 4 N–H and O–H groups in total. The van der Waals surface area contributed by atoms with E-state index in [2.05, 4.69) is 24.9 Å². The minimum absolute atomic E-state index is 0.0406. The van der Waals surface area contributed by atoms with Gasteiger partial charge in [0.25, 0.3) is 7.47 Å². The van der Waals surface area contributed by atoms with Gasteiger partial charge in [-0.25, -0.2) is 38.3 Å². The number of anilines is 2. The second-order valence-corrected chi connectivity index (χ2v) is 19.6. The molecule has 3 fully saturated rings. The predicted molar refractivity (Wildman–Crippen MR) is 217 cm³/mol. The molecule has 0 unspecified atom stereocenters. The van der Waals surface area contributed by atoms with Crippen LogP contribution in [0.5, 0.6) is 0 Å². The van der Waals surface area contributed by atoms with E-state index in [1.807, 2.05) is 31.2 Å². The number of aromatic nitrogens is 7. The third kappa shape index (κ3) is 9.80. The summed E-state index contributed by atoms with van der Waals surface area (Å²) in [6.45, 7) is -1.13. The summed E-state index contributed by atoms with van der Waals surface area (Å²) in [5, 5.41) is 0. The van der Waals surface area contributed by atoms with E-state index in [9.17, 15) is 9.13 Å². The van der Waals surface area contributed by atoms with Crippen molar-refractivity contribution in [1.29, 1.82) is 0 Å². The van der Waals surface area contributed by atoms with Gasteiger partial charge >= 0.3 is 6.80 Å². The normalized spacial score (nSPS) is 30.9. The fourth-order valence-electron chi connectivity index (χ4n) is 6.90. The first kappa shape index (κ1) is 44.0. The molecular weight excluding hydrogens is 865 g/mol. The number of benzene rings is 1. The maximum atomic E-state index is 16.8. The van der Waals surface area contributed by atoms with Gasteiger partial charge in [0, 0.05) is 18.6 Å². The van der Waals surface area contributed by atoms with Gasteiger partial charge in [0.15, 0.2) is 41.9 Å². The Kier molecular flexibility index (Phi) is 13.7. The van der Waals surface area contributed by atoms with Crippen LogP contribution in [0, 0.1) is 0 Å². The molecule has 2 radical (unpaired) electrons. The summed E-state index contributed by atoms with van der Waals surface area (Å²) >= 11 is 0.759. The molecule has 5 aromatic rings. The van der Waals surface area contributed by atoms with E-state index in [1.54, 1.807) is 0 Å². The van der Waals surface area contributed by atoms with Gasteiger partial charge in [-0.1, -0.05) is 24.3 Å². The molecule has 0 amide bonds. The maximum absolute atomic E-state index is 16.8. The van der Waals surface area contributed by atoms with Crippen LogP contribution in [0.3, 0.4) is 0 Å². The third-order valence-corrected chi connectivity index (χ3v) is 14.6. The molecule has 326 valence electrons. The van der Waals surface area contributed by atoms with Crippen molar-refractivity contribution in [3.05, 3.63) is 66.6 Å². The number of pyridine rings is 1. The van der Waals surface area contributed by atoms with Crippen LogP contribution < -0.4 is 11.5 Å². The van der Waals surface area contributed by atoms with Gasteiger partial charge in [-0.15, -0.1) is 0 Å². The quantitative estimate of drug-likeness (QED) is 0.0878. The van der Waals surface area contributed by atoms with Crippen molar-refractivity contribution < 1.29 is 59.7 Å². The molecule has 3 saturated heterocycles. The number of nitrogens with two attached hydrogens (primary N) is 2. The highest BCUT2D eigenvalue weighted by molar-refractivity contribution is 8.54. The van der Waals surface area contributed by atoms with Gasteiger partial charge < -0.3 is 44.2 Å². The van der Waals surface area contributed by atoms with E-state index < -0.39 is 76.7 Å². The molecule has 4 aromatic heterocycles. The minimum Gasteiger partial charge on any atom is -0.397 e. The Balaban J connectivity index is 1.03. The predicted octanol–water partition coefficient (Wildman–Crippen LogP) is 4.61. The number of alkyl halides is 2. The van der Waals surface area contributed by atoms with Crippen LogP contribution in [-0.4, -0.2) is 125 Å². The third-order valence-electron chi connectivity index (χ3n) is 9.93. The van der Waals surface area contributed by atoms with Gasteiger partial charge in [-0.2, -0.15) is 0 Å². The topological polar surface area (TPSA) is 244 Å². The maximum Gasteiger partial charge on any atom is 0.389 e. The zero-order chi connectivity index (χ0) is 42.7. The van der Waals surface area contributed by atoms with Crippen molar-refractivity contribution >= 4 is 67.1 Å². The first-order valence-electron chi connectivity index (χ1n) is 19.1. The number of ether oxygens (including phenoxy) is 5. The number of halogens is 2. The van der Waals surface area contributed by atoms with Crippen LogP contribution in [0.1, 0.15) is 30.5 Å². The molecule has 0 saturated carbocycles. The molecule has 61 heavy (non-hydrogen) atoms. The van der Waals surface area contributed by atoms with Crippen molar-refractivity contribution in [1.82, 2.24) is 34.1 Å². The van der Waals surface area contributed by atoms with Gasteiger partial charge in [0.2, 0.25) is 7.57 Å². The van der Waals surface area contributed by atoms with Crippen molar-refractivity contribution in [2.24, 2.45) is 0 Å². The standard InChI is InChI=1S/C35H42BF2N9O11P2S/c1-2-50-9-10-51-11-12-52-13-20-3-5-21(6-4-20)16-61-60(49)54-15-24-29(25(37)34(56-24)47-19-45-28-31(40)42-17-43-33(28)47)57-59(36,48)53-14-23-30(58-60)26(38)35(55-23)46-18-44-27-22(39)7-8-41-32(27)46/h3-8,17-19,23-26,29-30,34-35H,2,9-16H2,1H3,(H2,39,41)(H2,40,42,43)/t23-,24-,25-,26-,29-,30-,34-,35-,59+,60+/m1/s1. The lowest BCUT2D eigenvalue weighted by Gasteiger charge is -2.30. The summed E-state index contributed by atoms with van der Waals surface area (Å²) in [5.41, 5.74) is 14.7. The molecule has 0 bridgehead atoms. The second-order valence-electron chi connectivity index (χ2n) is 14.0. The minimum atomic E-state index is -4.65. The molecule has 10 atom stereocenters. The van der Waals surface area contributed by atoms with Crippen LogP contribution in [0.2, 0.25) is 0 Å². The molecule has 0 spiro atoms. The summed E-state index contributed by atoms with van der Waals surface area (Å²) in [5.74, 6) is 0.107. The molecule has 7 heterocycles. The number of imidazole rings is 2. The Labute approximate surface area is 352 Å². The lowest BCUT2D eigenvalue weighted by Crippen LogP contribution is -2.37. The van der Waals surface area contributed by atoms with Crippen molar-refractivity contribution in [2.75, 3.05) is 57.7 Å². The first-order valence-corrected chi connectivity index (χ1v) is 23.9. The lowest BCUT2D eigenvalue weighted by molar-refractivity contribution is -0.0546. The first-order chi connectivity index (χ1) is 29.4. The van der Waals surface area contributed by atoms with Crippen LogP contribution >= 0.6 is 25.7 Å². The highest BCUT2D eigenvalue weighted by atomic mass is 32.7. The highest BCUT2D eigenvalue weighted by Gasteiger charge is 2.54. The molecule has 3 aliphatic heterocycles. The Morgan fingerprint density at radius 1 is 0.787 bits per heavy atom. The fourth-order valence-corrected chi connectivity index (χ4v) is 11.3. The number of hydrogen-bond donors (Lipinski definition) is 2. The Morgan fingerprint density at radius 2 is 1.39 bits per heavy atom. The highest BCUT2D eigenvalue weighted by Crippen LogP contribution is 2.65. The smallest absolute Gasteiger partial charge is 0.389 e. The number of hydrogen-bond acceptors (Lipinski definition) is 19. The molecule has 26 heteroatoms. The van der Waals surface area contributed by atoms with E-state index >= 15 is 8.78 Å². The van der Waals surface area contributed by atoms with E-state index in [0.717, 1.165) is 16.9 Å². The summed E-state index contributed by atoms with van der Waals surface area (Å²) in [7, 11) is 1.36. The average molecular weight is 908 g/mol. The van der Waals surface area contributed by atoms with Crippen LogP contribution in [0.4, 0.5) is 20.3 Å². The molecule has 8 rings (SSSR count). The fraction of sp³-hybridized carbons (Fsp3) is 0.514. The molecule has 20 nitrogen and oxygen atoms in total. The number of nitrogen functional groups attached to an aromatic ring is 2. The van der Waals surface area contributed by atoms with Gasteiger partial charge in [-0.3, -0.25) is 22.7 Å². The van der Waals surface area contributed by atoms with Crippen molar-refractivity contribution in [3.63, 3.8) is 0 Å². The summed E-state index contributed by atoms with van der Waals surface area (Å²) in [6, 6.07) is 8.85. The Bertz CT molecular complexity index is 2390. The number of fused-ring (bicyclic) bond motifs is 4. The van der Waals surface area contributed by atoms with E-state index in [1.165, 1.54) is 40.4 Å². The molecule has 1 aromatic carbocycles. The van der Waals surface area contributed by atoms with Gasteiger partial charge in [0.1, 0.15) is 41.8 Å². The molecule has 0 aliphatic carbocycles. The van der Waals surface area contributed by atoms with Gasteiger partial charge in [-0.05, 0) is 35.5 Å². The van der Waals surface area contributed by atoms with Crippen molar-refractivity contribution in [3.8, 4) is 0 Å². The Morgan fingerprint density at radius 3 is 2.10 bits per heavy atom. The molecule has 3 aliphatic rings. The lowest BCUT2D eigenvalue weighted by atomic mass is 10.1. The number of nitrogens with zero attached hydrogens (tertiary/aromatic N) is 7. The second kappa shape index (κ2) is 19.0. The number of rotatable bonds is 14. The monoisotopic (exact) mass is 907 g/mol. The average Bonchev–Trinajstić information content (AvgIpc) is 4.02. The summed E-state index contributed by atoms with van der Waals surface area (Å²) < 4.78 is 116. The van der Waals surface area contributed by atoms with E-state index in [0.29, 0.717) is 45.2 Å². The SMILES string of the molecule is [B][P@]1(=O)OC[C@H]2O[C@@H](n3cnc4c(N)ccnc43)[C@H](F)[C@@H]2O[P@@](=O)(SCc2ccc(COCCOCCOCC)cc2)OC[C@H]2O[C@@H](n3cnc4c(N)ncnc43)[C@H](F)[C@@H]2O1. The van der Waals surface area contributed by atoms with Crippen LogP contribution in [0.25, 0.3) is 22.3 Å². The van der Waals surface area contributed by atoms with Gasteiger partial charge in [0.05, 0.1) is 64.6 Å². The summed E-state index contributed by atoms with van der Waals surface area (Å²) in [4.78, 5) is 20.8.